The molecular weight excluding hydrogens is 356 g/mol. The van der Waals surface area contributed by atoms with Crippen molar-refractivity contribution in [1.29, 1.82) is 5.26 Å². The zero-order valence-corrected chi connectivity index (χ0v) is 14.5. The van der Waals surface area contributed by atoms with Gasteiger partial charge in [0.05, 0.1) is 16.2 Å². The highest BCUT2D eigenvalue weighted by molar-refractivity contribution is 6.30. The fourth-order valence-electron chi connectivity index (χ4n) is 2.96. The van der Waals surface area contributed by atoms with Gasteiger partial charge in [0.25, 0.3) is 11.6 Å². The Morgan fingerprint density at radius 2 is 1.88 bits per heavy atom. The minimum atomic E-state index is -0.522. The molecule has 8 heteroatoms. The Morgan fingerprint density at radius 1 is 1.15 bits per heavy atom. The van der Waals surface area contributed by atoms with E-state index in [4.69, 9.17) is 11.6 Å². The lowest BCUT2D eigenvalue weighted by Crippen LogP contribution is -2.49. The predicted octanol–water partition coefficient (Wildman–Crippen LogP) is 3.08. The van der Waals surface area contributed by atoms with Gasteiger partial charge in [-0.25, -0.2) is 0 Å². The largest absolute Gasteiger partial charge is 0.367 e. The molecule has 2 aromatic carbocycles. The standard InChI is InChI=1S/C18H15ClN4O3/c19-15-3-1-2-13(10-15)18(24)22-8-6-21(7-9-22)17-5-4-16(23(25)26)11-14(17)12-20/h1-5,10-11H,6-9H2. The zero-order valence-electron chi connectivity index (χ0n) is 13.8. The molecule has 0 bridgehead atoms. The molecular formula is C18H15ClN4O3. The summed E-state index contributed by atoms with van der Waals surface area (Å²) >= 11 is 5.94. The molecule has 0 radical (unpaired) electrons. The van der Waals surface area contributed by atoms with E-state index in [1.54, 1.807) is 35.2 Å². The van der Waals surface area contributed by atoms with Crippen LogP contribution in [0.1, 0.15) is 15.9 Å². The van der Waals surface area contributed by atoms with E-state index >= 15 is 0 Å². The molecule has 1 aliphatic heterocycles. The maximum absolute atomic E-state index is 12.6. The van der Waals surface area contributed by atoms with Gasteiger partial charge < -0.3 is 9.80 Å². The second-order valence-electron chi connectivity index (χ2n) is 5.86. The van der Waals surface area contributed by atoms with Crippen LogP contribution in [-0.4, -0.2) is 41.9 Å². The van der Waals surface area contributed by atoms with E-state index in [-0.39, 0.29) is 17.2 Å². The van der Waals surface area contributed by atoms with Gasteiger partial charge in [-0.1, -0.05) is 17.7 Å². The number of anilines is 1. The van der Waals surface area contributed by atoms with Crippen molar-refractivity contribution in [2.45, 2.75) is 0 Å². The molecule has 2 aromatic rings. The van der Waals surface area contributed by atoms with Gasteiger partial charge in [-0.05, 0) is 24.3 Å². The van der Waals surface area contributed by atoms with Crippen LogP contribution in [-0.2, 0) is 0 Å². The summed E-state index contributed by atoms with van der Waals surface area (Å²) in [6, 6.07) is 13.1. The van der Waals surface area contributed by atoms with Crippen LogP contribution in [0.3, 0.4) is 0 Å². The van der Waals surface area contributed by atoms with Crippen LogP contribution < -0.4 is 4.90 Å². The van der Waals surface area contributed by atoms with E-state index in [2.05, 4.69) is 0 Å². The molecule has 0 saturated carbocycles. The fraction of sp³-hybridized carbons (Fsp3) is 0.222. The Hall–Kier alpha value is -3.11. The first-order valence-electron chi connectivity index (χ1n) is 7.98. The highest BCUT2D eigenvalue weighted by atomic mass is 35.5. The molecule has 0 N–H and O–H groups in total. The van der Waals surface area contributed by atoms with Crippen molar-refractivity contribution in [3.8, 4) is 6.07 Å². The normalized spacial score (nSPS) is 14.0. The fourth-order valence-corrected chi connectivity index (χ4v) is 3.15. The van der Waals surface area contributed by atoms with Gasteiger partial charge in [-0.3, -0.25) is 14.9 Å². The van der Waals surface area contributed by atoms with Crippen LogP contribution in [0.25, 0.3) is 0 Å². The Morgan fingerprint density at radius 3 is 2.50 bits per heavy atom. The molecule has 7 nitrogen and oxygen atoms in total. The lowest BCUT2D eigenvalue weighted by atomic mass is 10.1. The van der Waals surface area contributed by atoms with Crippen LogP contribution in [0.5, 0.6) is 0 Å². The molecule has 1 heterocycles. The Kier molecular flexibility index (Phi) is 5.05. The summed E-state index contributed by atoms with van der Waals surface area (Å²) in [5.41, 5.74) is 1.33. The first-order valence-corrected chi connectivity index (χ1v) is 8.35. The average Bonchev–Trinajstić information content (AvgIpc) is 2.67. The molecule has 3 rings (SSSR count). The number of carbonyl (C=O) groups excluding carboxylic acids is 1. The second-order valence-corrected chi connectivity index (χ2v) is 6.30. The summed E-state index contributed by atoms with van der Waals surface area (Å²) in [5.74, 6) is -0.0867. The number of nitrogens with zero attached hydrogens (tertiary/aromatic N) is 4. The van der Waals surface area contributed by atoms with Gasteiger partial charge in [-0.2, -0.15) is 5.26 Å². The summed E-state index contributed by atoms with van der Waals surface area (Å²) in [7, 11) is 0. The molecule has 1 aliphatic rings. The number of non-ortho nitro benzene ring substituents is 1. The number of hydrogen-bond donors (Lipinski definition) is 0. The van der Waals surface area contributed by atoms with Crippen molar-refractivity contribution in [2.24, 2.45) is 0 Å². The van der Waals surface area contributed by atoms with Gasteiger partial charge in [0.1, 0.15) is 6.07 Å². The van der Waals surface area contributed by atoms with Gasteiger partial charge in [-0.15, -0.1) is 0 Å². The number of rotatable bonds is 3. The van der Waals surface area contributed by atoms with Crippen LogP contribution in [0.2, 0.25) is 5.02 Å². The van der Waals surface area contributed by atoms with E-state index in [9.17, 15) is 20.2 Å². The number of amides is 1. The van der Waals surface area contributed by atoms with E-state index in [1.807, 2.05) is 11.0 Å². The minimum absolute atomic E-state index is 0.0867. The van der Waals surface area contributed by atoms with Crippen molar-refractivity contribution in [3.05, 3.63) is 68.7 Å². The number of nitro groups is 1. The van der Waals surface area contributed by atoms with Crippen molar-refractivity contribution in [3.63, 3.8) is 0 Å². The summed E-state index contributed by atoms with van der Waals surface area (Å²) < 4.78 is 0. The Bertz CT molecular complexity index is 902. The number of nitro benzene ring substituents is 1. The summed E-state index contributed by atoms with van der Waals surface area (Å²) in [5, 5.41) is 20.7. The smallest absolute Gasteiger partial charge is 0.270 e. The van der Waals surface area contributed by atoms with E-state index in [0.29, 0.717) is 42.5 Å². The Balaban J connectivity index is 1.72. The number of piperazine rings is 1. The first-order chi connectivity index (χ1) is 12.5. The van der Waals surface area contributed by atoms with Crippen LogP contribution in [0, 0.1) is 21.4 Å². The zero-order chi connectivity index (χ0) is 18.7. The molecule has 0 unspecified atom stereocenters. The number of benzene rings is 2. The summed E-state index contributed by atoms with van der Waals surface area (Å²) in [4.78, 5) is 26.6. The maximum Gasteiger partial charge on any atom is 0.270 e. The molecule has 1 fully saturated rings. The second kappa shape index (κ2) is 7.42. The lowest BCUT2D eigenvalue weighted by Gasteiger charge is -2.36. The molecule has 0 aromatic heterocycles. The molecule has 0 atom stereocenters. The van der Waals surface area contributed by atoms with Crippen LogP contribution >= 0.6 is 11.6 Å². The molecule has 132 valence electrons. The van der Waals surface area contributed by atoms with Gasteiger partial charge in [0.15, 0.2) is 0 Å². The van der Waals surface area contributed by atoms with Crippen molar-refractivity contribution >= 4 is 28.9 Å². The molecule has 0 aliphatic carbocycles. The van der Waals surface area contributed by atoms with Crippen molar-refractivity contribution < 1.29 is 9.72 Å². The van der Waals surface area contributed by atoms with E-state index in [1.165, 1.54) is 12.1 Å². The molecule has 0 spiro atoms. The summed E-state index contributed by atoms with van der Waals surface area (Å²) in [6.07, 6.45) is 0. The third-order valence-corrected chi connectivity index (χ3v) is 4.53. The van der Waals surface area contributed by atoms with E-state index in [0.717, 1.165) is 0 Å². The monoisotopic (exact) mass is 370 g/mol. The van der Waals surface area contributed by atoms with Gasteiger partial charge >= 0.3 is 0 Å². The van der Waals surface area contributed by atoms with Gasteiger partial charge in [0.2, 0.25) is 0 Å². The quantitative estimate of drug-likeness (QED) is 0.611. The molecule has 26 heavy (non-hydrogen) atoms. The highest BCUT2D eigenvalue weighted by Crippen LogP contribution is 2.26. The topological polar surface area (TPSA) is 90.5 Å². The number of carbonyl (C=O) groups is 1. The van der Waals surface area contributed by atoms with Crippen molar-refractivity contribution in [2.75, 3.05) is 31.1 Å². The SMILES string of the molecule is N#Cc1cc([N+](=O)[O-])ccc1N1CCN(C(=O)c2cccc(Cl)c2)CC1. The maximum atomic E-state index is 12.6. The van der Waals surface area contributed by atoms with Crippen LogP contribution in [0.4, 0.5) is 11.4 Å². The van der Waals surface area contributed by atoms with Gasteiger partial charge in [0, 0.05) is 48.9 Å². The minimum Gasteiger partial charge on any atom is -0.367 e. The number of halogens is 1. The highest BCUT2D eigenvalue weighted by Gasteiger charge is 2.24. The predicted molar refractivity (Wildman–Crippen MR) is 97.4 cm³/mol. The van der Waals surface area contributed by atoms with Crippen molar-refractivity contribution in [1.82, 2.24) is 4.90 Å². The number of nitriles is 1. The average molecular weight is 371 g/mol. The Labute approximate surface area is 155 Å². The number of hydrogen-bond acceptors (Lipinski definition) is 5. The molecule has 1 amide bonds. The molecule has 1 saturated heterocycles. The first kappa shape index (κ1) is 17.7. The third kappa shape index (κ3) is 3.60. The third-order valence-electron chi connectivity index (χ3n) is 4.29. The van der Waals surface area contributed by atoms with Crippen LogP contribution in [0.15, 0.2) is 42.5 Å². The summed E-state index contributed by atoms with van der Waals surface area (Å²) in [6.45, 7) is 2.07. The van der Waals surface area contributed by atoms with E-state index < -0.39 is 4.92 Å². The lowest BCUT2D eigenvalue weighted by molar-refractivity contribution is -0.384.